The summed E-state index contributed by atoms with van der Waals surface area (Å²) in [7, 11) is 1.74. The molecule has 1 atom stereocenters. The van der Waals surface area contributed by atoms with E-state index in [1.165, 1.54) is 0 Å². The molecule has 1 unspecified atom stereocenters. The van der Waals surface area contributed by atoms with Crippen LogP contribution in [0.15, 0.2) is 36.5 Å². The standard InChI is InChI=1S/C16H21N3O2/c1-16(18-2,15(17)20)8-4-10-21-13-7-6-12-5-3-9-19-14(12)11-13/h3,5-7,9,11,18H,4,8,10H2,1-2H3,(H2,17,20). The Morgan fingerprint density at radius 2 is 2.24 bits per heavy atom. The van der Waals surface area contributed by atoms with Gasteiger partial charge < -0.3 is 15.8 Å². The molecular formula is C16H21N3O2. The van der Waals surface area contributed by atoms with Gasteiger partial charge in [0, 0.05) is 17.6 Å². The van der Waals surface area contributed by atoms with E-state index >= 15 is 0 Å². The molecule has 1 heterocycles. The third-order valence-electron chi connectivity index (χ3n) is 3.76. The molecule has 0 saturated heterocycles. The smallest absolute Gasteiger partial charge is 0.237 e. The predicted octanol–water partition coefficient (Wildman–Crippen LogP) is 1.86. The van der Waals surface area contributed by atoms with Gasteiger partial charge in [-0.15, -0.1) is 0 Å². The van der Waals surface area contributed by atoms with Gasteiger partial charge in [-0.1, -0.05) is 6.07 Å². The number of fused-ring (bicyclic) bond motifs is 1. The summed E-state index contributed by atoms with van der Waals surface area (Å²) < 4.78 is 5.71. The van der Waals surface area contributed by atoms with Crippen molar-refractivity contribution in [1.29, 1.82) is 0 Å². The first-order valence-electron chi connectivity index (χ1n) is 7.01. The van der Waals surface area contributed by atoms with Crippen LogP contribution in [0.2, 0.25) is 0 Å². The van der Waals surface area contributed by atoms with Crippen LogP contribution in [-0.4, -0.2) is 30.1 Å². The number of nitrogens with two attached hydrogens (primary N) is 1. The van der Waals surface area contributed by atoms with Crippen molar-refractivity contribution in [3.05, 3.63) is 36.5 Å². The zero-order valence-corrected chi connectivity index (χ0v) is 12.4. The monoisotopic (exact) mass is 287 g/mol. The first kappa shape index (κ1) is 15.3. The topological polar surface area (TPSA) is 77.2 Å². The number of hydrogen-bond donors (Lipinski definition) is 2. The van der Waals surface area contributed by atoms with E-state index in [1.54, 1.807) is 20.2 Å². The van der Waals surface area contributed by atoms with Crippen molar-refractivity contribution >= 4 is 16.8 Å². The maximum Gasteiger partial charge on any atom is 0.237 e. The molecule has 0 aliphatic rings. The molecule has 0 saturated carbocycles. The molecule has 5 nitrogen and oxygen atoms in total. The number of aromatic nitrogens is 1. The highest BCUT2D eigenvalue weighted by atomic mass is 16.5. The van der Waals surface area contributed by atoms with Gasteiger partial charge in [-0.25, -0.2) is 0 Å². The molecular weight excluding hydrogens is 266 g/mol. The number of ether oxygens (including phenoxy) is 1. The van der Waals surface area contributed by atoms with Gasteiger partial charge in [-0.3, -0.25) is 9.78 Å². The van der Waals surface area contributed by atoms with Crippen LogP contribution in [0.4, 0.5) is 0 Å². The normalized spacial score (nSPS) is 13.8. The number of likely N-dealkylation sites (N-methyl/N-ethyl adjacent to an activating group) is 1. The number of hydrogen-bond acceptors (Lipinski definition) is 4. The zero-order chi connectivity index (χ0) is 15.3. The lowest BCUT2D eigenvalue weighted by molar-refractivity contribution is -0.123. The summed E-state index contributed by atoms with van der Waals surface area (Å²) in [5.41, 5.74) is 5.61. The molecule has 0 radical (unpaired) electrons. The number of rotatable bonds is 7. The predicted molar refractivity (Wildman–Crippen MR) is 83.1 cm³/mol. The number of carbonyl (C=O) groups is 1. The van der Waals surface area contributed by atoms with Gasteiger partial charge in [0.25, 0.3) is 0 Å². The van der Waals surface area contributed by atoms with Crippen LogP contribution >= 0.6 is 0 Å². The van der Waals surface area contributed by atoms with E-state index in [1.807, 2.05) is 30.3 Å². The van der Waals surface area contributed by atoms with Gasteiger partial charge in [0.1, 0.15) is 5.75 Å². The first-order valence-corrected chi connectivity index (χ1v) is 7.01. The molecule has 5 heteroatoms. The number of nitrogens with zero attached hydrogens (tertiary/aromatic N) is 1. The molecule has 21 heavy (non-hydrogen) atoms. The van der Waals surface area contributed by atoms with Gasteiger partial charge in [0.2, 0.25) is 5.91 Å². The van der Waals surface area contributed by atoms with Crippen molar-refractivity contribution in [2.75, 3.05) is 13.7 Å². The molecule has 3 N–H and O–H groups in total. The number of benzene rings is 1. The molecule has 0 bridgehead atoms. The van der Waals surface area contributed by atoms with Crippen molar-refractivity contribution < 1.29 is 9.53 Å². The van der Waals surface area contributed by atoms with Crippen LogP contribution in [0.5, 0.6) is 5.75 Å². The van der Waals surface area contributed by atoms with Gasteiger partial charge >= 0.3 is 0 Å². The van der Waals surface area contributed by atoms with Crippen molar-refractivity contribution in [3.63, 3.8) is 0 Å². The molecule has 0 aliphatic carbocycles. The Labute approximate surface area is 124 Å². The second-order valence-corrected chi connectivity index (χ2v) is 5.26. The quantitative estimate of drug-likeness (QED) is 0.762. The summed E-state index contributed by atoms with van der Waals surface area (Å²) in [6, 6.07) is 9.75. The van der Waals surface area contributed by atoms with E-state index in [0.717, 1.165) is 23.1 Å². The number of amides is 1. The fourth-order valence-corrected chi connectivity index (χ4v) is 2.12. The molecule has 2 aromatic rings. The minimum atomic E-state index is -0.686. The van der Waals surface area contributed by atoms with E-state index < -0.39 is 5.54 Å². The SMILES string of the molecule is CNC(C)(CCCOc1ccc2cccnc2c1)C(N)=O. The van der Waals surface area contributed by atoms with Crippen LogP contribution in [0.1, 0.15) is 19.8 Å². The highest BCUT2D eigenvalue weighted by Crippen LogP contribution is 2.19. The molecule has 0 spiro atoms. The van der Waals surface area contributed by atoms with E-state index in [-0.39, 0.29) is 5.91 Å². The first-order chi connectivity index (χ1) is 10.0. The maximum absolute atomic E-state index is 11.4. The van der Waals surface area contributed by atoms with Gasteiger partial charge in [-0.2, -0.15) is 0 Å². The van der Waals surface area contributed by atoms with Crippen molar-refractivity contribution in [2.24, 2.45) is 5.73 Å². The molecule has 112 valence electrons. The Morgan fingerprint density at radius 1 is 1.43 bits per heavy atom. The lowest BCUT2D eigenvalue weighted by atomic mass is 9.95. The highest BCUT2D eigenvalue weighted by Gasteiger charge is 2.28. The Bertz CT molecular complexity index is 630. The van der Waals surface area contributed by atoms with Crippen LogP contribution in [0.3, 0.4) is 0 Å². The Morgan fingerprint density at radius 3 is 2.95 bits per heavy atom. The molecule has 0 aliphatic heterocycles. The second-order valence-electron chi connectivity index (χ2n) is 5.26. The number of nitrogens with one attached hydrogen (secondary N) is 1. The Balaban J connectivity index is 1.89. The maximum atomic E-state index is 11.4. The van der Waals surface area contributed by atoms with Crippen LogP contribution in [0, 0.1) is 0 Å². The number of primary amides is 1. The van der Waals surface area contributed by atoms with Gasteiger partial charge in [-0.05, 0) is 45.0 Å². The molecule has 1 aromatic carbocycles. The molecule has 1 aromatic heterocycles. The van der Waals surface area contributed by atoms with E-state index in [0.29, 0.717) is 13.0 Å². The minimum absolute atomic E-state index is 0.347. The van der Waals surface area contributed by atoms with Crippen LogP contribution in [-0.2, 0) is 4.79 Å². The van der Waals surface area contributed by atoms with Gasteiger partial charge in [0.05, 0.1) is 17.7 Å². The summed E-state index contributed by atoms with van der Waals surface area (Å²) in [5, 5.41) is 4.05. The fourth-order valence-electron chi connectivity index (χ4n) is 2.12. The molecule has 2 rings (SSSR count). The lowest BCUT2D eigenvalue weighted by Gasteiger charge is -2.25. The highest BCUT2D eigenvalue weighted by molar-refractivity contribution is 5.84. The largest absolute Gasteiger partial charge is 0.494 e. The van der Waals surface area contributed by atoms with Crippen LogP contribution < -0.4 is 15.8 Å². The third-order valence-corrected chi connectivity index (χ3v) is 3.76. The summed E-state index contributed by atoms with van der Waals surface area (Å²) in [5.74, 6) is 0.436. The lowest BCUT2D eigenvalue weighted by Crippen LogP contribution is -2.51. The average molecular weight is 287 g/mol. The molecule has 0 fully saturated rings. The number of pyridine rings is 1. The summed E-state index contributed by atoms with van der Waals surface area (Å²) >= 11 is 0. The number of carbonyl (C=O) groups excluding carboxylic acids is 1. The second kappa shape index (κ2) is 6.54. The van der Waals surface area contributed by atoms with Crippen LogP contribution in [0.25, 0.3) is 10.9 Å². The zero-order valence-electron chi connectivity index (χ0n) is 12.4. The van der Waals surface area contributed by atoms with E-state index in [9.17, 15) is 4.79 Å². The fraction of sp³-hybridized carbons (Fsp3) is 0.375. The van der Waals surface area contributed by atoms with Crippen molar-refractivity contribution in [2.45, 2.75) is 25.3 Å². The third kappa shape index (κ3) is 3.70. The summed E-state index contributed by atoms with van der Waals surface area (Å²) in [4.78, 5) is 15.7. The Hall–Kier alpha value is -2.14. The van der Waals surface area contributed by atoms with Crippen molar-refractivity contribution in [3.8, 4) is 5.75 Å². The summed E-state index contributed by atoms with van der Waals surface area (Å²) in [6.07, 6.45) is 3.13. The average Bonchev–Trinajstić information content (AvgIpc) is 2.51. The minimum Gasteiger partial charge on any atom is -0.494 e. The summed E-state index contributed by atoms with van der Waals surface area (Å²) in [6.45, 7) is 2.33. The van der Waals surface area contributed by atoms with Crippen molar-refractivity contribution in [1.82, 2.24) is 10.3 Å². The molecule has 1 amide bonds. The van der Waals surface area contributed by atoms with Gasteiger partial charge in [0.15, 0.2) is 0 Å². The Kier molecular flexibility index (Phi) is 4.75. The van der Waals surface area contributed by atoms with E-state index in [4.69, 9.17) is 10.5 Å². The van der Waals surface area contributed by atoms with E-state index in [2.05, 4.69) is 10.3 Å².